The molecule has 1 spiro atoms. The number of halogens is 1. The maximum absolute atomic E-state index is 15.1. The Morgan fingerprint density at radius 1 is 1.70 bits per heavy atom. The molecule has 3 heterocycles. The summed E-state index contributed by atoms with van der Waals surface area (Å²) in [7, 11) is 0. The Bertz CT molecular complexity index is 553. The van der Waals surface area contributed by atoms with E-state index in [9.17, 15) is 15.0 Å². The number of fused-ring (bicyclic) bond motifs is 3. The summed E-state index contributed by atoms with van der Waals surface area (Å²) in [6.45, 7) is 2.91. The number of carbonyl (C=O) groups is 1. The highest BCUT2D eigenvalue weighted by Gasteiger charge is 2.97. The number of ether oxygens (including phenoxy) is 1. The molecule has 7 nitrogen and oxygen atoms in total. The van der Waals surface area contributed by atoms with Crippen LogP contribution in [0.3, 0.4) is 0 Å². The van der Waals surface area contributed by atoms with Crippen molar-refractivity contribution < 1.29 is 28.6 Å². The van der Waals surface area contributed by atoms with Crippen molar-refractivity contribution in [3.63, 3.8) is 0 Å². The summed E-state index contributed by atoms with van der Waals surface area (Å²) >= 11 is 0. The van der Waals surface area contributed by atoms with E-state index in [1.165, 1.54) is 18.4 Å². The maximum atomic E-state index is 15.1. The number of rotatable bonds is 3. The third kappa shape index (κ3) is 1.18. The molecule has 2 fully saturated rings. The highest BCUT2D eigenvalue weighted by Crippen LogP contribution is 2.64. The summed E-state index contributed by atoms with van der Waals surface area (Å²) < 4.78 is 19.7. The van der Waals surface area contributed by atoms with Gasteiger partial charge in [-0.2, -0.15) is 4.39 Å². The van der Waals surface area contributed by atoms with E-state index in [1.807, 2.05) is 0 Å². The number of urea groups is 1. The van der Waals surface area contributed by atoms with Gasteiger partial charge in [0.2, 0.25) is 0 Å². The predicted octanol–water partition coefficient (Wildman–Crippen LogP) is -0.279. The average Bonchev–Trinajstić information content (AvgIpc) is 2.83. The van der Waals surface area contributed by atoms with Gasteiger partial charge in [-0.1, -0.05) is 6.08 Å². The molecule has 0 bridgehead atoms. The van der Waals surface area contributed by atoms with Crippen LogP contribution >= 0.6 is 0 Å². The van der Waals surface area contributed by atoms with Gasteiger partial charge in [0.15, 0.2) is 6.10 Å². The van der Waals surface area contributed by atoms with Gasteiger partial charge < -0.3 is 14.9 Å². The molecule has 20 heavy (non-hydrogen) atoms. The van der Waals surface area contributed by atoms with Gasteiger partial charge in [0.05, 0.1) is 6.61 Å². The van der Waals surface area contributed by atoms with Crippen molar-refractivity contribution in [2.75, 3.05) is 6.61 Å². The molecule has 1 unspecified atom stereocenters. The molecule has 2 saturated heterocycles. The van der Waals surface area contributed by atoms with Gasteiger partial charge in [0.1, 0.15) is 17.6 Å². The summed E-state index contributed by atoms with van der Waals surface area (Å²) in [5.74, 6) is -2.51. The van der Waals surface area contributed by atoms with Crippen molar-refractivity contribution in [2.24, 2.45) is 0 Å². The number of quaternary nitrogens is 1. The molecule has 5 atom stereocenters. The molecular weight excluding hydrogens is 269 g/mol. The Morgan fingerprint density at radius 3 is 2.85 bits per heavy atom. The lowest BCUT2D eigenvalue weighted by atomic mass is 9.92. The molecular formula is C12H15FN3O4+. The zero-order chi connectivity index (χ0) is 14.8. The van der Waals surface area contributed by atoms with Gasteiger partial charge in [-0.3, -0.25) is 10.7 Å². The van der Waals surface area contributed by atoms with E-state index in [0.29, 0.717) is 0 Å². The highest BCUT2D eigenvalue weighted by atomic mass is 19.2. The Hall–Kier alpha value is -1.61. The minimum atomic E-state index is -2.35. The van der Waals surface area contributed by atoms with Gasteiger partial charge >= 0.3 is 18.1 Å². The third-order valence-electron chi connectivity index (χ3n) is 4.26. The Morgan fingerprint density at radius 2 is 2.40 bits per heavy atom. The number of nitrogens with one attached hydrogen (secondary N) is 2. The topological polar surface area (TPSA) is 103 Å². The molecule has 0 saturated carbocycles. The first kappa shape index (κ1) is 13.4. The lowest BCUT2D eigenvalue weighted by Gasteiger charge is -2.34. The average molecular weight is 284 g/mol. The van der Waals surface area contributed by atoms with Crippen LogP contribution in [0.2, 0.25) is 0 Å². The van der Waals surface area contributed by atoms with Crippen LogP contribution < -0.4 is 5.32 Å². The van der Waals surface area contributed by atoms with E-state index in [-0.39, 0.29) is 12.3 Å². The molecule has 0 radical (unpaired) electrons. The van der Waals surface area contributed by atoms with Crippen molar-refractivity contribution in [2.45, 2.75) is 30.1 Å². The smallest absolute Gasteiger partial charge is 0.393 e. The highest BCUT2D eigenvalue weighted by molar-refractivity contribution is 6.02. The van der Waals surface area contributed by atoms with Gasteiger partial charge in [-0.15, -0.1) is 11.1 Å². The van der Waals surface area contributed by atoms with Crippen molar-refractivity contribution >= 4 is 11.9 Å². The summed E-state index contributed by atoms with van der Waals surface area (Å²) in [6.07, 6.45) is 1.02. The van der Waals surface area contributed by atoms with Crippen LogP contribution in [-0.2, 0) is 4.74 Å². The van der Waals surface area contributed by atoms with Gasteiger partial charge in [0, 0.05) is 6.08 Å². The molecule has 2 amide bonds. The van der Waals surface area contributed by atoms with Crippen LogP contribution in [0, 0.1) is 5.41 Å². The van der Waals surface area contributed by atoms with Crippen LogP contribution in [0.5, 0.6) is 0 Å². The molecule has 3 aliphatic rings. The standard InChI is InChI=1S/C12H14FN3O4/c1-2-4-11(6-17)8(18)12(13)9(20-11)16(12)5-3-7(14)15-10(16)19/h2-3,5,8-9,17-18H,1,4,6H2,(H-,14,15,19)/p+1/t8-,9-,11-,12-,16?/m1/s1. The van der Waals surface area contributed by atoms with Crippen LogP contribution in [0.25, 0.3) is 0 Å². The molecule has 3 rings (SSSR count). The van der Waals surface area contributed by atoms with E-state index >= 15 is 4.39 Å². The maximum Gasteiger partial charge on any atom is 0.432 e. The first-order chi connectivity index (χ1) is 9.39. The van der Waals surface area contributed by atoms with Crippen molar-refractivity contribution in [3.05, 3.63) is 24.9 Å². The monoisotopic (exact) mass is 284 g/mol. The largest absolute Gasteiger partial charge is 0.432 e. The van der Waals surface area contributed by atoms with Gasteiger partial charge in [-0.05, 0) is 6.42 Å². The third-order valence-corrected chi connectivity index (χ3v) is 4.26. The van der Waals surface area contributed by atoms with E-state index in [4.69, 9.17) is 10.1 Å². The Labute approximate surface area is 114 Å². The quantitative estimate of drug-likeness (QED) is 0.248. The number of alkyl halides is 1. The number of aliphatic hydroxyl groups excluding tert-OH is 2. The number of hydrogen-bond acceptors (Lipinski definition) is 5. The Kier molecular flexibility index (Phi) is 2.49. The normalized spacial score (nSPS) is 49.1. The summed E-state index contributed by atoms with van der Waals surface area (Å²) in [5.41, 5.74) is -1.48. The minimum Gasteiger partial charge on any atom is -0.393 e. The zero-order valence-electron chi connectivity index (χ0n) is 10.5. The number of carbonyl (C=O) groups excluding carboxylic acids is 1. The van der Waals surface area contributed by atoms with E-state index in [0.717, 1.165) is 0 Å². The molecule has 0 aromatic carbocycles. The zero-order valence-corrected chi connectivity index (χ0v) is 10.5. The molecule has 4 N–H and O–H groups in total. The summed E-state index contributed by atoms with van der Waals surface area (Å²) in [6, 6.07) is -0.769. The molecule has 0 aliphatic carbocycles. The fourth-order valence-electron chi connectivity index (χ4n) is 3.11. The van der Waals surface area contributed by atoms with E-state index < -0.39 is 40.8 Å². The van der Waals surface area contributed by atoms with Crippen molar-refractivity contribution in [1.29, 1.82) is 5.41 Å². The molecule has 0 aromatic heterocycles. The molecule has 0 aromatic rings. The number of hydrogen-bond donors (Lipinski definition) is 4. The lowest BCUT2D eigenvalue weighted by Crippen LogP contribution is -2.59. The van der Waals surface area contributed by atoms with Crippen LogP contribution in [0.1, 0.15) is 6.42 Å². The van der Waals surface area contributed by atoms with Crippen molar-refractivity contribution in [3.8, 4) is 0 Å². The van der Waals surface area contributed by atoms with E-state index in [2.05, 4.69) is 11.9 Å². The lowest BCUT2D eigenvalue weighted by molar-refractivity contribution is -0.748. The second-order valence-electron chi connectivity index (χ2n) is 5.25. The first-order valence-electron chi connectivity index (χ1n) is 6.13. The SMILES string of the molecule is C=CC[C@]1(CO)O[C@@H]2[C@@](F)([C@@H]1O)[N+]21C=CC(=N)NC1=O. The molecule has 3 aliphatic heterocycles. The van der Waals surface area contributed by atoms with Gasteiger partial charge in [0.25, 0.3) is 0 Å². The van der Waals surface area contributed by atoms with Crippen LogP contribution in [0.4, 0.5) is 9.18 Å². The van der Waals surface area contributed by atoms with E-state index in [1.54, 1.807) is 0 Å². The van der Waals surface area contributed by atoms with Crippen LogP contribution in [0.15, 0.2) is 24.9 Å². The summed E-state index contributed by atoms with van der Waals surface area (Å²) in [5, 5.41) is 29.2. The fraction of sp³-hybridized carbons (Fsp3) is 0.500. The number of amides is 2. The fourth-order valence-corrected chi connectivity index (χ4v) is 3.11. The predicted molar refractivity (Wildman–Crippen MR) is 65.0 cm³/mol. The minimum absolute atomic E-state index is 0.0635. The molecule has 108 valence electrons. The molecule has 8 heteroatoms. The van der Waals surface area contributed by atoms with Gasteiger partial charge in [-0.25, -0.2) is 4.79 Å². The number of nitrogens with zero attached hydrogens (tertiary/aromatic N) is 1. The second-order valence-corrected chi connectivity index (χ2v) is 5.25. The Balaban J connectivity index is 1.98. The van der Waals surface area contributed by atoms with Crippen LogP contribution in [-0.4, -0.2) is 56.9 Å². The second kappa shape index (κ2) is 3.73. The summed E-state index contributed by atoms with van der Waals surface area (Å²) in [4.78, 5) is 12.0. The first-order valence-corrected chi connectivity index (χ1v) is 6.13. The van der Waals surface area contributed by atoms with Crippen molar-refractivity contribution in [1.82, 2.24) is 5.32 Å². The number of amidine groups is 1. The number of aliphatic hydroxyl groups is 2.